The van der Waals surface area contributed by atoms with Gasteiger partial charge in [-0.3, -0.25) is 4.98 Å². The molecule has 6 nitrogen and oxygen atoms in total. The molecule has 0 unspecified atom stereocenters. The first-order chi connectivity index (χ1) is 17.2. The molecule has 1 aliphatic carbocycles. The highest BCUT2D eigenvalue weighted by atomic mass is 15.2. The molecule has 0 bridgehead atoms. The fraction of sp³-hybridized carbons (Fsp3) is 0.414. The van der Waals surface area contributed by atoms with Crippen LogP contribution in [0.3, 0.4) is 0 Å². The number of aromatic nitrogens is 3. The van der Waals surface area contributed by atoms with E-state index in [4.69, 9.17) is 9.97 Å². The van der Waals surface area contributed by atoms with Gasteiger partial charge in [0.25, 0.3) is 0 Å². The second-order valence-corrected chi connectivity index (χ2v) is 9.74. The predicted molar refractivity (Wildman–Crippen MR) is 142 cm³/mol. The Balaban J connectivity index is 1.31. The Morgan fingerprint density at radius 2 is 1.54 bits per heavy atom. The van der Waals surface area contributed by atoms with E-state index in [9.17, 15) is 0 Å². The third-order valence-corrected chi connectivity index (χ3v) is 7.09. The summed E-state index contributed by atoms with van der Waals surface area (Å²) in [5, 5.41) is 7.19. The average Bonchev–Trinajstić information content (AvgIpc) is 2.90. The topological polar surface area (TPSA) is 66.0 Å². The zero-order valence-electron chi connectivity index (χ0n) is 20.5. The van der Waals surface area contributed by atoms with Gasteiger partial charge in [-0.1, -0.05) is 31.1 Å². The van der Waals surface area contributed by atoms with E-state index >= 15 is 0 Å². The minimum atomic E-state index is 0.509. The maximum atomic E-state index is 4.97. The summed E-state index contributed by atoms with van der Waals surface area (Å²) in [5.41, 5.74) is 4.15. The molecule has 2 aromatic heterocycles. The average molecular weight is 467 g/mol. The van der Waals surface area contributed by atoms with Crippen molar-refractivity contribution in [2.75, 3.05) is 30.8 Å². The number of likely N-dealkylation sites (tertiary alicyclic amines) is 1. The second-order valence-electron chi connectivity index (χ2n) is 9.74. The first kappa shape index (κ1) is 23.3. The van der Waals surface area contributed by atoms with Crippen molar-refractivity contribution in [3.8, 4) is 11.8 Å². The third kappa shape index (κ3) is 6.37. The summed E-state index contributed by atoms with van der Waals surface area (Å²) in [6.07, 6.45) is 14.3. The van der Waals surface area contributed by atoms with Crippen LogP contribution >= 0.6 is 0 Å². The number of benzene rings is 1. The fourth-order valence-corrected chi connectivity index (χ4v) is 4.97. The lowest BCUT2D eigenvalue weighted by atomic mass is 9.90. The maximum absolute atomic E-state index is 4.97. The smallest absolute Gasteiger partial charge is 0.229 e. The molecule has 1 aromatic carbocycles. The van der Waals surface area contributed by atoms with E-state index in [0.717, 1.165) is 48.6 Å². The summed E-state index contributed by atoms with van der Waals surface area (Å²) in [6, 6.07) is 12.4. The Bertz CT molecular complexity index is 1150. The van der Waals surface area contributed by atoms with E-state index in [1.165, 1.54) is 37.7 Å². The molecule has 0 amide bonds. The van der Waals surface area contributed by atoms with E-state index in [1.54, 1.807) is 12.4 Å². The van der Waals surface area contributed by atoms with E-state index in [0.29, 0.717) is 17.9 Å². The Hall–Kier alpha value is -3.43. The number of pyridine rings is 1. The Morgan fingerprint density at radius 3 is 2.26 bits per heavy atom. The van der Waals surface area contributed by atoms with Gasteiger partial charge < -0.3 is 15.5 Å². The molecular formula is C29H34N6. The minimum absolute atomic E-state index is 0.509. The summed E-state index contributed by atoms with van der Waals surface area (Å²) in [7, 11) is 2.21. The van der Waals surface area contributed by atoms with Crippen LogP contribution in [0, 0.1) is 11.8 Å². The molecule has 2 N–H and O–H groups in total. The number of hydrogen-bond acceptors (Lipinski definition) is 6. The van der Waals surface area contributed by atoms with E-state index in [2.05, 4.69) is 39.4 Å². The second kappa shape index (κ2) is 11.3. The Morgan fingerprint density at radius 1 is 0.857 bits per heavy atom. The van der Waals surface area contributed by atoms with Gasteiger partial charge in [0, 0.05) is 47.0 Å². The SMILES string of the molecule is CN1CCC(c2cnc(Nc3ccc(C#Cc4ccncc4)cc3)nc2NC2CCCCC2)CC1. The molecular weight excluding hydrogens is 432 g/mol. The molecule has 0 spiro atoms. The van der Waals surface area contributed by atoms with Crippen LogP contribution in [0.15, 0.2) is 55.0 Å². The first-order valence-electron chi connectivity index (χ1n) is 12.8. The highest BCUT2D eigenvalue weighted by Crippen LogP contribution is 2.33. The van der Waals surface area contributed by atoms with E-state index < -0.39 is 0 Å². The quantitative estimate of drug-likeness (QED) is 0.479. The molecule has 2 aliphatic rings. The predicted octanol–water partition coefficient (Wildman–Crippen LogP) is 5.57. The standard InChI is InChI=1S/C29H34N6/c1-35-19-15-24(16-20-35)27-21-31-29(34-28(27)32-25-5-3-2-4-6-25)33-26-11-9-22(10-12-26)7-8-23-13-17-30-18-14-23/h9-14,17-18,21,24-25H,2-6,15-16,19-20H2,1H3,(H2,31,32,33,34). The normalized spacial score (nSPS) is 17.4. The highest BCUT2D eigenvalue weighted by Gasteiger charge is 2.24. The lowest BCUT2D eigenvalue weighted by molar-refractivity contribution is 0.255. The summed E-state index contributed by atoms with van der Waals surface area (Å²) in [4.78, 5) is 16.1. The summed E-state index contributed by atoms with van der Waals surface area (Å²) in [6.45, 7) is 2.26. The van der Waals surface area contributed by atoms with Gasteiger partial charge in [-0.25, -0.2) is 4.98 Å². The lowest BCUT2D eigenvalue weighted by Crippen LogP contribution is -2.30. The van der Waals surface area contributed by atoms with Crippen molar-refractivity contribution in [3.05, 3.63) is 71.7 Å². The largest absolute Gasteiger partial charge is 0.367 e. The number of hydrogen-bond donors (Lipinski definition) is 2. The minimum Gasteiger partial charge on any atom is -0.367 e. The molecule has 1 saturated carbocycles. The molecule has 6 heteroatoms. The Labute approximate surface area is 208 Å². The van der Waals surface area contributed by atoms with Crippen molar-refractivity contribution in [1.29, 1.82) is 0 Å². The van der Waals surface area contributed by atoms with Crippen LogP contribution in [-0.2, 0) is 0 Å². The molecule has 35 heavy (non-hydrogen) atoms. The van der Waals surface area contributed by atoms with Gasteiger partial charge in [-0.2, -0.15) is 4.98 Å². The number of anilines is 3. The van der Waals surface area contributed by atoms with Gasteiger partial charge in [0.05, 0.1) is 0 Å². The van der Waals surface area contributed by atoms with Crippen molar-refractivity contribution in [1.82, 2.24) is 19.9 Å². The number of rotatable bonds is 5. The fourth-order valence-electron chi connectivity index (χ4n) is 4.97. The first-order valence-corrected chi connectivity index (χ1v) is 12.8. The molecule has 5 rings (SSSR count). The molecule has 2 fully saturated rings. The van der Waals surface area contributed by atoms with E-state index in [-0.39, 0.29) is 0 Å². The van der Waals surface area contributed by atoms with Gasteiger partial charge >= 0.3 is 0 Å². The van der Waals surface area contributed by atoms with Gasteiger partial charge in [-0.05, 0) is 88.1 Å². The molecule has 3 heterocycles. The summed E-state index contributed by atoms with van der Waals surface area (Å²) < 4.78 is 0. The zero-order chi connectivity index (χ0) is 23.9. The number of nitrogens with one attached hydrogen (secondary N) is 2. The molecule has 0 atom stereocenters. The molecule has 0 radical (unpaired) electrons. The van der Waals surface area contributed by atoms with Crippen LogP contribution in [0.4, 0.5) is 17.5 Å². The highest BCUT2D eigenvalue weighted by molar-refractivity contribution is 5.58. The summed E-state index contributed by atoms with van der Waals surface area (Å²) in [5.74, 6) is 8.54. The summed E-state index contributed by atoms with van der Waals surface area (Å²) >= 11 is 0. The van der Waals surface area contributed by atoms with Crippen molar-refractivity contribution in [3.63, 3.8) is 0 Å². The Kier molecular flexibility index (Phi) is 7.55. The van der Waals surface area contributed by atoms with Crippen LogP contribution in [-0.4, -0.2) is 46.0 Å². The zero-order valence-corrected chi connectivity index (χ0v) is 20.5. The van der Waals surface area contributed by atoms with Gasteiger partial charge in [0.1, 0.15) is 5.82 Å². The lowest BCUT2D eigenvalue weighted by Gasteiger charge is -2.31. The van der Waals surface area contributed by atoms with Crippen LogP contribution in [0.5, 0.6) is 0 Å². The molecule has 1 saturated heterocycles. The molecule has 1 aliphatic heterocycles. The maximum Gasteiger partial charge on any atom is 0.229 e. The monoisotopic (exact) mass is 466 g/mol. The van der Waals surface area contributed by atoms with Gasteiger partial charge in [0.15, 0.2) is 0 Å². The van der Waals surface area contributed by atoms with Crippen molar-refractivity contribution >= 4 is 17.5 Å². The molecule has 180 valence electrons. The van der Waals surface area contributed by atoms with Gasteiger partial charge in [0.2, 0.25) is 5.95 Å². The van der Waals surface area contributed by atoms with E-state index in [1.807, 2.05) is 42.6 Å². The van der Waals surface area contributed by atoms with Crippen molar-refractivity contribution in [2.24, 2.45) is 0 Å². The van der Waals surface area contributed by atoms with Crippen LogP contribution in [0.25, 0.3) is 0 Å². The number of nitrogens with zero attached hydrogens (tertiary/aromatic N) is 4. The van der Waals surface area contributed by atoms with Crippen LogP contribution in [0.1, 0.15) is 67.6 Å². The molecule has 3 aromatic rings. The van der Waals surface area contributed by atoms with Crippen molar-refractivity contribution in [2.45, 2.75) is 56.9 Å². The van der Waals surface area contributed by atoms with Crippen LogP contribution < -0.4 is 10.6 Å². The van der Waals surface area contributed by atoms with Crippen LogP contribution in [0.2, 0.25) is 0 Å². The third-order valence-electron chi connectivity index (χ3n) is 7.09. The van der Waals surface area contributed by atoms with Crippen molar-refractivity contribution < 1.29 is 0 Å². The van der Waals surface area contributed by atoms with Gasteiger partial charge in [-0.15, -0.1) is 0 Å². The number of piperidine rings is 1.